The van der Waals surface area contributed by atoms with Gasteiger partial charge in [0.15, 0.2) is 0 Å². The van der Waals surface area contributed by atoms with Gasteiger partial charge in [0.1, 0.15) is 46.5 Å². The number of nitrogens with one attached hydrogen (secondary N) is 2. The van der Waals surface area contributed by atoms with E-state index in [1.54, 1.807) is 36.4 Å². The Morgan fingerprint density at radius 2 is 1.10 bits per heavy atom. The zero-order valence-corrected chi connectivity index (χ0v) is 43.4. The number of nitrogens with zero attached hydrogens (tertiary/aromatic N) is 2. The minimum atomic E-state index is -4.18. The molecule has 0 radical (unpaired) electrons. The van der Waals surface area contributed by atoms with E-state index >= 15 is 0 Å². The number of anilines is 2. The molecular formula is C50H74N4O17S2. The molecule has 2 aromatic carbocycles. The summed E-state index contributed by atoms with van der Waals surface area (Å²) < 4.78 is 56.1. The predicted molar refractivity (Wildman–Crippen MR) is 274 cm³/mol. The molecule has 21 nitrogen and oxygen atoms in total. The van der Waals surface area contributed by atoms with Crippen molar-refractivity contribution in [3.05, 3.63) is 107 Å². The maximum atomic E-state index is 13.3. The van der Waals surface area contributed by atoms with Gasteiger partial charge in [-0.15, -0.1) is 0 Å². The van der Waals surface area contributed by atoms with E-state index in [1.165, 1.54) is 6.26 Å². The number of rotatable bonds is 28. The zero-order valence-electron chi connectivity index (χ0n) is 41.8. The van der Waals surface area contributed by atoms with E-state index in [0.29, 0.717) is 32.4 Å². The summed E-state index contributed by atoms with van der Waals surface area (Å²) in [7, 11) is -7.37. The van der Waals surface area contributed by atoms with Crippen LogP contribution in [0.3, 0.4) is 0 Å². The smallest absolute Gasteiger partial charge is 0.264 e. The van der Waals surface area contributed by atoms with Gasteiger partial charge in [-0.2, -0.15) is 8.42 Å². The molecule has 0 spiro atoms. The van der Waals surface area contributed by atoms with Crippen LogP contribution < -0.4 is 20.4 Å². The maximum Gasteiger partial charge on any atom is 0.264 e. The average molecular weight is 1070 g/mol. The van der Waals surface area contributed by atoms with E-state index in [0.717, 1.165) is 28.2 Å². The van der Waals surface area contributed by atoms with E-state index in [-0.39, 0.29) is 29.3 Å². The molecule has 408 valence electrons. The van der Waals surface area contributed by atoms with Gasteiger partial charge in [-0.05, 0) is 79.3 Å². The number of aliphatic hydroxyl groups excluding tert-OH is 10. The molecule has 2 heterocycles. The highest BCUT2D eigenvalue weighted by Crippen LogP contribution is 2.49. The topological polar surface area (TPSA) is 355 Å². The number of carbonyl (C=O) groups is 2. The first-order chi connectivity index (χ1) is 34.1. The molecule has 4 rings (SSSR count). The molecule has 2 aliphatic heterocycles. The molecule has 1 unspecified atom stereocenters. The van der Waals surface area contributed by atoms with Crippen molar-refractivity contribution in [1.82, 2.24) is 10.6 Å². The molecule has 0 aliphatic carbocycles. The summed E-state index contributed by atoms with van der Waals surface area (Å²) in [6.45, 7) is 6.17. The quantitative estimate of drug-likeness (QED) is 0.0285. The molecule has 9 atom stereocenters. The second kappa shape index (κ2) is 26.2. The Balaban J connectivity index is 1.55. The third-order valence-corrected chi connectivity index (χ3v) is 15.1. The number of unbranched alkanes of at least 4 members (excludes halogenated alkanes) is 2. The number of aliphatic hydroxyl groups is 10. The lowest BCUT2D eigenvalue weighted by atomic mass is 9.79. The van der Waals surface area contributed by atoms with Crippen molar-refractivity contribution in [1.29, 1.82) is 0 Å². The summed E-state index contributed by atoms with van der Waals surface area (Å²) in [5.74, 6) is -1.56. The summed E-state index contributed by atoms with van der Waals surface area (Å²) >= 11 is 0. The Morgan fingerprint density at radius 1 is 0.630 bits per heavy atom. The van der Waals surface area contributed by atoms with Crippen molar-refractivity contribution in [2.45, 2.75) is 119 Å². The molecule has 0 bridgehead atoms. The fourth-order valence-electron chi connectivity index (χ4n) is 8.98. The van der Waals surface area contributed by atoms with Crippen molar-refractivity contribution in [3.8, 4) is 0 Å². The highest BCUT2D eigenvalue weighted by molar-refractivity contribution is 7.90. The van der Waals surface area contributed by atoms with Crippen molar-refractivity contribution in [2.24, 2.45) is 0 Å². The summed E-state index contributed by atoms with van der Waals surface area (Å²) in [6, 6.07) is 9.84. The molecule has 2 aliphatic rings. The van der Waals surface area contributed by atoms with Gasteiger partial charge in [-0.25, -0.2) is 8.42 Å². The van der Waals surface area contributed by atoms with Gasteiger partial charge in [-0.1, -0.05) is 64.2 Å². The van der Waals surface area contributed by atoms with Crippen LogP contribution in [0.2, 0.25) is 0 Å². The predicted octanol–water partition coefficient (Wildman–Crippen LogP) is -0.673. The molecular weight excluding hydrogens is 993 g/mol. The first-order valence-corrected chi connectivity index (χ1v) is 27.6. The number of sulfone groups is 1. The van der Waals surface area contributed by atoms with Gasteiger partial charge < -0.3 is 71.5 Å². The minimum Gasteiger partial charge on any atom is -0.394 e. The lowest BCUT2D eigenvalue weighted by Crippen LogP contribution is -2.49. The summed E-state index contributed by atoms with van der Waals surface area (Å²) in [5.41, 5.74) is 3.24. The van der Waals surface area contributed by atoms with Gasteiger partial charge in [0.05, 0.1) is 37.2 Å². The lowest BCUT2D eigenvalue weighted by Gasteiger charge is -2.32. The Morgan fingerprint density at radius 3 is 1.62 bits per heavy atom. The van der Waals surface area contributed by atoms with Crippen LogP contribution in [0.5, 0.6) is 0 Å². The van der Waals surface area contributed by atoms with Gasteiger partial charge in [0, 0.05) is 77.2 Å². The summed E-state index contributed by atoms with van der Waals surface area (Å²) in [4.78, 5) is 30.7. The number of fused-ring (bicyclic) bond motifs is 2. The monoisotopic (exact) mass is 1070 g/mol. The second-order valence-electron chi connectivity index (χ2n) is 19.7. The molecule has 0 aromatic heterocycles. The molecule has 0 fully saturated rings. The van der Waals surface area contributed by atoms with E-state index < -0.39 is 123 Å². The van der Waals surface area contributed by atoms with Crippen LogP contribution >= 0.6 is 0 Å². The van der Waals surface area contributed by atoms with Crippen molar-refractivity contribution >= 4 is 43.1 Å². The van der Waals surface area contributed by atoms with Crippen LogP contribution in [0, 0.1) is 0 Å². The summed E-state index contributed by atoms with van der Waals surface area (Å²) in [5, 5.41) is 103. The Hall–Kier alpha value is -4.60. The second-order valence-corrected chi connectivity index (χ2v) is 23.5. The summed E-state index contributed by atoms with van der Waals surface area (Å²) in [6.07, 6.45) is 1.68. The van der Waals surface area contributed by atoms with Gasteiger partial charge in [0.25, 0.3) is 21.9 Å². The standard InChI is InChI=1S/C50H74N4O17S2/c1-49(2)33-25-31(47(65)51-27-37(57)43(61)45(63)39(59)29-55)17-19-35(33)53(21-11-13-23-72(5,67)68)41(49)15-9-7-6-8-10-16-42-50(3,4)34-26-32(18-20-36(34)54(42)22-12-14-24-73(69,70)71)48(66)52-28-38(58)44(62)46(64)40(60)30-56/h6-10,15-20,25-26,37-40,42-46,55-64H,11-14,21-24,27-30H2,1-5H3,(H,51,65)(H,52,66)(H,69,70,71)/b8-6+,9-7+,16-10+,41-15+/t37-,38-,39+,40+,42?,43+,44+,45+,46+/m0/s1. The fraction of sp³-hybridized carbons (Fsp3) is 0.560. The molecule has 23 heteroatoms. The van der Waals surface area contributed by atoms with Gasteiger partial charge >= 0.3 is 0 Å². The number of benzene rings is 2. The first kappa shape index (κ1) is 61.0. The highest BCUT2D eigenvalue weighted by Gasteiger charge is 2.44. The van der Waals surface area contributed by atoms with Crippen LogP contribution in [-0.4, -0.2) is 196 Å². The maximum absolute atomic E-state index is 13.3. The van der Waals surface area contributed by atoms with Crippen LogP contribution in [0.25, 0.3) is 0 Å². The number of hydrogen-bond donors (Lipinski definition) is 13. The molecule has 13 N–H and O–H groups in total. The highest BCUT2D eigenvalue weighted by atomic mass is 32.2. The molecule has 0 saturated heterocycles. The molecule has 73 heavy (non-hydrogen) atoms. The molecule has 2 amide bonds. The van der Waals surface area contributed by atoms with E-state index in [9.17, 15) is 71.8 Å². The zero-order chi connectivity index (χ0) is 54.6. The van der Waals surface area contributed by atoms with E-state index in [4.69, 9.17) is 10.2 Å². The number of carbonyl (C=O) groups excluding carboxylic acids is 2. The van der Waals surface area contributed by atoms with Crippen LogP contribution in [-0.2, 0) is 30.8 Å². The third-order valence-electron chi connectivity index (χ3n) is 13.3. The Labute approximate surface area is 427 Å². The van der Waals surface area contributed by atoms with Crippen molar-refractivity contribution in [3.63, 3.8) is 0 Å². The normalized spacial score (nSPS) is 20.5. The number of hydrogen-bond acceptors (Lipinski definition) is 18. The Kier molecular flexibility index (Phi) is 21.9. The van der Waals surface area contributed by atoms with Crippen LogP contribution in [0.4, 0.5) is 11.4 Å². The van der Waals surface area contributed by atoms with Crippen LogP contribution in [0.15, 0.2) is 84.6 Å². The Bertz CT molecular complexity index is 2550. The number of allylic oxidation sites excluding steroid dienone is 7. The van der Waals surface area contributed by atoms with Crippen molar-refractivity contribution < 1.29 is 82.0 Å². The van der Waals surface area contributed by atoms with Crippen LogP contribution in [0.1, 0.15) is 85.2 Å². The largest absolute Gasteiger partial charge is 0.394 e. The van der Waals surface area contributed by atoms with Crippen molar-refractivity contribution in [2.75, 3.05) is 67.0 Å². The van der Waals surface area contributed by atoms with E-state index in [2.05, 4.69) is 20.4 Å². The lowest BCUT2D eigenvalue weighted by molar-refractivity contribution is -0.113. The average Bonchev–Trinajstić information content (AvgIpc) is 3.68. The molecule has 0 saturated carbocycles. The SMILES string of the molecule is CC1(C)\C(=C/C=C/C=C/C=C/C2N(CCCCS(=O)(=O)O)c3ccc(C(=O)NC[C@H](O)[C@@H](O)[C@H](O)[C@H](O)CO)cc3C2(C)C)N(CCCCS(C)(=O)=O)c2ccc(C(=O)NC[C@H](O)[C@@H](O)[C@H](O)[C@H](O)CO)cc21. The first-order valence-electron chi connectivity index (χ1n) is 24.0. The number of amides is 2. The minimum absolute atomic E-state index is 0.0186. The molecule has 2 aromatic rings. The third kappa shape index (κ3) is 16.2. The fourth-order valence-corrected chi connectivity index (χ4v) is 10.3. The van der Waals surface area contributed by atoms with Gasteiger partial charge in [0.2, 0.25) is 0 Å². The van der Waals surface area contributed by atoms with Gasteiger partial charge in [-0.3, -0.25) is 14.1 Å². The van der Waals surface area contributed by atoms with E-state index in [1.807, 2.05) is 70.2 Å².